The lowest BCUT2D eigenvalue weighted by Crippen LogP contribution is -2.37. The predicted molar refractivity (Wildman–Crippen MR) is 43.0 cm³/mol. The first kappa shape index (κ1) is 13.9. The van der Waals surface area contributed by atoms with E-state index in [1.165, 1.54) is 13.8 Å². The normalized spacial score (nSPS) is 11.4. The molecule has 0 unspecified atom stereocenters. The number of hydrogen-bond acceptors (Lipinski definition) is 4. The van der Waals surface area contributed by atoms with Gasteiger partial charge < -0.3 is 10.8 Å². The molecule has 1 amide bonds. The standard InChI is InChI=1S/C4H9NO2.CH4O3S/c1-4(2,7)3(5)6;1-5(2,3)4/h7H,1-2H3,(H2,5,6);1H3,(H,2,3,4). The third-order valence-electron chi connectivity index (χ3n) is 0.603. The molecule has 0 aromatic heterocycles. The van der Waals surface area contributed by atoms with Crippen molar-refractivity contribution in [3.05, 3.63) is 0 Å². The highest BCUT2D eigenvalue weighted by molar-refractivity contribution is 7.85. The molecule has 12 heavy (non-hydrogen) atoms. The van der Waals surface area contributed by atoms with Crippen LogP contribution in [0.15, 0.2) is 0 Å². The van der Waals surface area contributed by atoms with Crippen molar-refractivity contribution in [1.29, 1.82) is 0 Å². The van der Waals surface area contributed by atoms with Gasteiger partial charge in [-0.05, 0) is 13.8 Å². The zero-order chi connectivity index (χ0) is 10.6. The summed E-state index contributed by atoms with van der Waals surface area (Å²) in [4.78, 5) is 9.99. The summed E-state index contributed by atoms with van der Waals surface area (Å²) in [5.41, 5.74) is 3.32. The van der Waals surface area contributed by atoms with E-state index in [0.717, 1.165) is 0 Å². The fourth-order valence-electron chi connectivity index (χ4n) is 0. The molecule has 0 radical (unpaired) electrons. The van der Waals surface area contributed by atoms with Gasteiger partial charge in [0.05, 0.1) is 6.26 Å². The zero-order valence-electron chi connectivity index (χ0n) is 7.10. The first-order valence-corrected chi connectivity index (χ1v) is 4.74. The van der Waals surface area contributed by atoms with E-state index in [-0.39, 0.29) is 0 Å². The van der Waals surface area contributed by atoms with Crippen molar-refractivity contribution in [2.75, 3.05) is 6.26 Å². The summed E-state index contributed by atoms with van der Waals surface area (Å²) < 4.78 is 25.9. The molecule has 0 spiro atoms. The monoisotopic (exact) mass is 199 g/mol. The van der Waals surface area contributed by atoms with Crippen LogP contribution in [0.25, 0.3) is 0 Å². The molecule has 0 rings (SSSR count). The Morgan fingerprint density at radius 1 is 1.42 bits per heavy atom. The van der Waals surface area contributed by atoms with E-state index >= 15 is 0 Å². The summed E-state index contributed by atoms with van der Waals surface area (Å²) in [5, 5.41) is 8.62. The maximum absolute atomic E-state index is 9.99. The average molecular weight is 199 g/mol. The Balaban J connectivity index is 0. The number of aliphatic hydroxyl groups is 1. The summed E-state index contributed by atoms with van der Waals surface area (Å²) >= 11 is 0. The van der Waals surface area contributed by atoms with Crippen molar-refractivity contribution < 1.29 is 22.9 Å². The van der Waals surface area contributed by atoms with Crippen LogP contribution in [-0.4, -0.2) is 35.8 Å². The number of carbonyl (C=O) groups is 1. The molecule has 0 atom stereocenters. The van der Waals surface area contributed by atoms with Crippen LogP contribution >= 0.6 is 0 Å². The molecule has 0 fully saturated rings. The number of rotatable bonds is 1. The lowest BCUT2D eigenvalue weighted by Gasteiger charge is -2.09. The molecule has 0 heterocycles. The van der Waals surface area contributed by atoms with Gasteiger partial charge in [-0.15, -0.1) is 0 Å². The molecule has 0 aromatic carbocycles. The molecule has 4 N–H and O–H groups in total. The molecule has 0 saturated carbocycles. The minimum absolute atomic E-state index is 0.701. The molecule has 0 saturated heterocycles. The molecular weight excluding hydrogens is 186 g/mol. The van der Waals surface area contributed by atoms with Crippen LogP contribution in [-0.2, 0) is 14.9 Å². The minimum Gasteiger partial charge on any atom is -0.381 e. The van der Waals surface area contributed by atoms with Crippen molar-refractivity contribution in [3.63, 3.8) is 0 Å². The number of nitrogens with two attached hydrogens (primary N) is 1. The van der Waals surface area contributed by atoms with E-state index in [4.69, 9.17) is 9.66 Å². The topological polar surface area (TPSA) is 118 Å². The van der Waals surface area contributed by atoms with Gasteiger partial charge in [-0.25, -0.2) is 0 Å². The smallest absolute Gasteiger partial charge is 0.261 e. The number of amides is 1. The van der Waals surface area contributed by atoms with Crippen molar-refractivity contribution in [3.8, 4) is 0 Å². The summed E-state index contributed by atoms with van der Waals surface area (Å²) in [5.74, 6) is -0.701. The zero-order valence-corrected chi connectivity index (χ0v) is 7.92. The Morgan fingerprint density at radius 2 is 1.50 bits per heavy atom. The van der Waals surface area contributed by atoms with Gasteiger partial charge in [0, 0.05) is 0 Å². The summed E-state index contributed by atoms with van der Waals surface area (Å²) in [7, 11) is -3.67. The van der Waals surface area contributed by atoms with E-state index in [1.807, 2.05) is 0 Å². The molecule has 0 aliphatic carbocycles. The molecule has 74 valence electrons. The van der Waals surface area contributed by atoms with Gasteiger partial charge in [-0.2, -0.15) is 8.42 Å². The van der Waals surface area contributed by atoms with E-state index in [2.05, 4.69) is 5.73 Å². The largest absolute Gasteiger partial charge is 0.381 e. The Hall–Kier alpha value is -0.660. The lowest BCUT2D eigenvalue weighted by atomic mass is 10.1. The first-order chi connectivity index (χ1) is 4.94. The first-order valence-electron chi connectivity index (χ1n) is 2.89. The van der Waals surface area contributed by atoms with Crippen molar-refractivity contribution in [2.24, 2.45) is 5.73 Å². The van der Waals surface area contributed by atoms with E-state index in [0.29, 0.717) is 6.26 Å². The van der Waals surface area contributed by atoms with Crippen molar-refractivity contribution in [1.82, 2.24) is 0 Å². The van der Waals surface area contributed by atoms with Crippen LogP contribution < -0.4 is 5.73 Å². The van der Waals surface area contributed by atoms with Gasteiger partial charge in [0.1, 0.15) is 5.60 Å². The minimum atomic E-state index is -3.67. The van der Waals surface area contributed by atoms with Gasteiger partial charge in [0.15, 0.2) is 0 Å². The highest BCUT2D eigenvalue weighted by Gasteiger charge is 2.18. The summed E-state index contributed by atoms with van der Waals surface area (Å²) in [6, 6.07) is 0. The molecule has 0 aliphatic heterocycles. The molecular formula is C5H13NO5S. The van der Waals surface area contributed by atoms with Crippen molar-refractivity contribution in [2.45, 2.75) is 19.4 Å². The SMILES string of the molecule is CC(C)(O)C(N)=O.CS(=O)(=O)O. The van der Waals surface area contributed by atoms with Crippen LogP contribution in [0.1, 0.15) is 13.8 Å². The van der Waals surface area contributed by atoms with Gasteiger partial charge in [0.2, 0.25) is 5.91 Å². The maximum Gasteiger partial charge on any atom is 0.261 e. The fourth-order valence-corrected chi connectivity index (χ4v) is 0. The van der Waals surface area contributed by atoms with Crippen molar-refractivity contribution >= 4 is 16.0 Å². The van der Waals surface area contributed by atoms with Gasteiger partial charge >= 0.3 is 0 Å². The van der Waals surface area contributed by atoms with Gasteiger partial charge in [0.25, 0.3) is 10.1 Å². The van der Waals surface area contributed by atoms with Crippen LogP contribution in [0.4, 0.5) is 0 Å². The number of carbonyl (C=O) groups excluding carboxylic acids is 1. The van der Waals surface area contributed by atoms with E-state index < -0.39 is 21.6 Å². The average Bonchev–Trinajstić information content (AvgIpc) is 1.55. The lowest BCUT2D eigenvalue weighted by molar-refractivity contribution is -0.132. The second-order valence-corrected chi connectivity index (χ2v) is 4.12. The molecule has 0 bridgehead atoms. The Morgan fingerprint density at radius 3 is 1.50 bits per heavy atom. The highest BCUT2D eigenvalue weighted by Crippen LogP contribution is 1.95. The maximum atomic E-state index is 9.99. The summed E-state index contributed by atoms with van der Waals surface area (Å²) in [6.45, 7) is 2.69. The molecule has 7 heteroatoms. The number of hydrogen-bond donors (Lipinski definition) is 3. The van der Waals surface area contributed by atoms with E-state index in [9.17, 15) is 13.2 Å². The molecule has 0 aromatic rings. The second-order valence-electron chi connectivity index (χ2n) is 2.66. The predicted octanol–water partition coefficient (Wildman–Crippen LogP) is -1.25. The third kappa shape index (κ3) is 22.8. The van der Waals surface area contributed by atoms with Crippen LogP contribution in [0.5, 0.6) is 0 Å². The third-order valence-corrected chi connectivity index (χ3v) is 0.603. The highest BCUT2D eigenvalue weighted by atomic mass is 32.2. The van der Waals surface area contributed by atoms with Crippen LogP contribution in [0.2, 0.25) is 0 Å². The van der Waals surface area contributed by atoms with Crippen LogP contribution in [0.3, 0.4) is 0 Å². The Kier molecular flexibility index (Phi) is 5.08. The quantitative estimate of drug-likeness (QED) is 0.456. The fraction of sp³-hybridized carbons (Fsp3) is 0.800. The van der Waals surface area contributed by atoms with Crippen LogP contribution in [0, 0.1) is 0 Å². The molecule has 6 nitrogen and oxygen atoms in total. The Bertz CT molecular complexity index is 229. The van der Waals surface area contributed by atoms with Gasteiger partial charge in [-0.3, -0.25) is 9.35 Å². The molecule has 0 aliphatic rings. The van der Waals surface area contributed by atoms with Gasteiger partial charge in [-0.1, -0.05) is 0 Å². The second kappa shape index (κ2) is 4.39. The summed E-state index contributed by atoms with van der Waals surface area (Å²) in [6.07, 6.45) is 0.715. The number of primary amides is 1. The Labute approximate surface area is 71.1 Å². The van der Waals surface area contributed by atoms with E-state index in [1.54, 1.807) is 0 Å².